The van der Waals surface area contributed by atoms with Gasteiger partial charge in [-0.25, -0.2) is 4.98 Å². The Morgan fingerprint density at radius 1 is 1.12 bits per heavy atom. The number of para-hydroxylation sites is 2. The number of nitriles is 1. The van der Waals surface area contributed by atoms with Gasteiger partial charge in [0.1, 0.15) is 6.54 Å². The molecular formula is C25H19ClN4O2S. The van der Waals surface area contributed by atoms with Gasteiger partial charge in [-0.3, -0.25) is 19.1 Å². The zero-order valence-electron chi connectivity index (χ0n) is 17.7. The van der Waals surface area contributed by atoms with E-state index in [4.69, 9.17) is 11.6 Å². The van der Waals surface area contributed by atoms with Crippen molar-refractivity contribution in [1.82, 2.24) is 9.55 Å². The summed E-state index contributed by atoms with van der Waals surface area (Å²) < 4.78 is 1.53. The number of nitrogens with zero attached hydrogens (tertiary/aromatic N) is 4. The summed E-state index contributed by atoms with van der Waals surface area (Å²) in [6.07, 6.45) is 0. The summed E-state index contributed by atoms with van der Waals surface area (Å²) in [6, 6.07) is 23.5. The van der Waals surface area contributed by atoms with Crippen molar-refractivity contribution in [3.8, 4) is 11.8 Å². The Labute approximate surface area is 200 Å². The first-order chi connectivity index (χ1) is 16.0. The van der Waals surface area contributed by atoms with E-state index in [1.165, 1.54) is 9.47 Å². The molecule has 1 heterocycles. The zero-order valence-corrected chi connectivity index (χ0v) is 19.3. The van der Waals surface area contributed by atoms with Crippen molar-refractivity contribution < 1.29 is 4.79 Å². The van der Waals surface area contributed by atoms with Gasteiger partial charge in [-0.2, -0.15) is 5.26 Å². The summed E-state index contributed by atoms with van der Waals surface area (Å²) in [5, 5.41) is 10.5. The normalized spacial score (nSPS) is 10.7. The van der Waals surface area contributed by atoms with E-state index in [1.54, 1.807) is 30.3 Å². The maximum absolute atomic E-state index is 13.4. The highest BCUT2D eigenvalue weighted by Gasteiger charge is 2.19. The van der Waals surface area contributed by atoms with Gasteiger partial charge in [0.25, 0.3) is 5.56 Å². The number of hydrogen-bond donors (Lipinski definition) is 0. The second-order valence-electron chi connectivity index (χ2n) is 7.25. The zero-order chi connectivity index (χ0) is 23.4. The number of rotatable bonds is 6. The molecule has 0 saturated heterocycles. The minimum Gasteiger partial charge on any atom is -0.298 e. The molecular weight excluding hydrogens is 456 g/mol. The lowest BCUT2D eigenvalue weighted by Gasteiger charge is -2.20. The van der Waals surface area contributed by atoms with Gasteiger partial charge < -0.3 is 0 Å². The smallest absolute Gasteiger partial charge is 0.266 e. The molecule has 3 aromatic carbocycles. The molecule has 0 bridgehead atoms. The summed E-state index contributed by atoms with van der Waals surface area (Å²) in [4.78, 5) is 32.6. The molecule has 4 aromatic rings. The molecule has 0 atom stereocenters. The number of hydrogen-bond acceptors (Lipinski definition) is 5. The lowest BCUT2D eigenvalue weighted by molar-refractivity contribution is -0.116. The van der Waals surface area contributed by atoms with Gasteiger partial charge in [0.2, 0.25) is 5.91 Å². The fourth-order valence-corrected chi connectivity index (χ4v) is 4.52. The monoisotopic (exact) mass is 474 g/mol. The lowest BCUT2D eigenvalue weighted by Crippen LogP contribution is -2.33. The average Bonchev–Trinajstić information content (AvgIpc) is 2.82. The molecule has 8 heteroatoms. The van der Waals surface area contributed by atoms with Crippen LogP contribution in [0.2, 0.25) is 5.02 Å². The van der Waals surface area contributed by atoms with Gasteiger partial charge in [-0.15, -0.1) is 0 Å². The fourth-order valence-electron chi connectivity index (χ4n) is 3.47. The second-order valence-corrected chi connectivity index (χ2v) is 8.62. The highest BCUT2D eigenvalue weighted by molar-refractivity contribution is 7.99. The van der Waals surface area contributed by atoms with Crippen LogP contribution < -0.4 is 10.5 Å². The van der Waals surface area contributed by atoms with Crippen molar-refractivity contribution in [3.05, 3.63) is 93.7 Å². The van der Waals surface area contributed by atoms with Gasteiger partial charge >= 0.3 is 0 Å². The quantitative estimate of drug-likeness (QED) is 0.223. The number of amides is 1. The van der Waals surface area contributed by atoms with Crippen molar-refractivity contribution in [2.24, 2.45) is 0 Å². The van der Waals surface area contributed by atoms with Crippen LogP contribution in [0.3, 0.4) is 0 Å². The number of aromatic nitrogens is 2. The van der Waals surface area contributed by atoms with E-state index in [1.807, 2.05) is 55.5 Å². The molecule has 0 saturated carbocycles. The standard InChI is InChI=1S/C25H19ClN4O2S/c1-17-7-5-6-10-22(17)30-24(32)20-12-11-18(26)15-21(20)28-25(30)33-16-23(31)29(14-13-27)19-8-3-2-4-9-19/h2-12,15H,14,16H2,1H3. The van der Waals surface area contributed by atoms with Crippen LogP contribution in [-0.4, -0.2) is 27.8 Å². The van der Waals surface area contributed by atoms with E-state index in [0.717, 1.165) is 17.3 Å². The van der Waals surface area contributed by atoms with Crippen LogP contribution in [0.15, 0.2) is 82.7 Å². The molecule has 4 rings (SSSR count). The van der Waals surface area contributed by atoms with E-state index >= 15 is 0 Å². The third-order valence-electron chi connectivity index (χ3n) is 5.08. The molecule has 6 nitrogen and oxygen atoms in total. The minimum atomic E-state index is -0.260. The highest BCUT2D eigenvalue weighted by Crippen LogP contribution is 2.25. The van der Waals surface area contributed by atoms with Crippen LogP contribution >= 0.6 is 23.4 Å². The van der Waals surface area contributed by atoms with Gasteiger partial charge in [0, 0.05) is 10.7 Å². The number of carbonyl (C=O) groups excluding carboxylic acids is 1. The van der Waals surface area contributed by atoms with Crippen molar-refractivity contribution in [1.29, 1.82) is 5.26 Å². The summed E-state index contributed by atoms with van der Waals surface area (Å²) in [5.74, 6) is -0.259. The van der Waals surface area contributed by atoms with E-state index in [0.29, 0.717) is 32.5 Å². The number of fused-ring (bicyclic) bond motifs is 1. The topological polar surface area (TPSA) is 79.0 Å². The summed E-state index contributed by atoms with van der Waals surface area (Å²) in [6.45, 7) is 1.84. The molecule has 0 N–H and O–H groups in total. The van der Waals surface area contributed by atoms with Gasteiger partial charge in [0.05, 0.1) is 28.4 Å². The number of carbonyl (C=O) groups is 1. The van der Waals surface area contributed by atoms with E-state index in [-0.39, 0.29) is 23.8 Å². The fraction of sp³-hybridized carbons (Fsp3) is 0.120. The third kappa shape index (κ3) is 4.77. The molecule has 0 aliphatic heterocycles. The molecule has 0 aliphatic rings. The average molecular weight is 475 g/mol. The molecule has 164 valence electrons. The number of halogens is 1. The van der Waals surface area contributed by atoms with E-state index < -0.39 is 0 Å². The summed E-state index contributed by atoms with van der Waals surface area (Å²) >= 11 is 7.28. The summed E-state index contributed by atoms with van der Waals surface area (Å²) in [7, 11) is 0. The molecule has 0 spiro atoms. The minimum absolute atomic E-state index is 0.000960. The SMILES string of the molecule is Cc1ccccc1-n1c(SCC(=O)N(CC#N)c2ccccc2)nc2cc(Cl)ccc2c1=O. The lowest BCUT2D eigenvalue weighted by atomic mass is 10.2. The Kier molecular flexibility index (Phi) is 6.78. The Morgan fingerprint density at radius 3 is 2.58 bits per heavy atom. The van der Waals surface area contributed by atoms with Gasteiger partial charge in [-0.05, 0) is 48.9 Å². The number of benzene rings is 3. The Morgan fingerprint density at radius 2 is 1.85 bits per heavy atom. The van der Waals surface area contributed by atoms with Crippen molar-refractivity contribution in [2.75, 3.05) is 17.2 Å². The maximum Gasteiger partial charge on any atom is 0.266 e. The highest BCUT2D eigenvalue weighted by atomic mass is 35.5. The van der Waals surface area contributed by atoms with Crippen LogP contribution in [0.4, 0.5) is 5.69 Å². The van der Waals surface area contributed by atoms with Crippen LogP contribution in [0.25, 0.3) is 16.6 Å². The van der Waals surface area contributed by atoms with Crippen LogP contribution in [-0.2, 0) is 4.79 Å². The molecule has 0 aliphatic carbocycles. The Bertz CT molecular complexity index is 1430. The van der Waals surface area contributed by atoms with Crippen LogP contribution in [0, 0.1) is 18.3 Å². The number of anilines is 1. The molecule has 33 heavy (non-hydrogen) atoms. The maximum atomic E-state index is 13.4. The molecule has 0 radical (unpaired) electrons. The van der Waals surface area contributed by atoms with Gasteiger partial charge in [0.15, 0.2) is 5.16 Å². The number of aryl methyl sites for hydroxylation is 1. The van der Waals surface area contributed by atoms with Crippen molar-refractivity contribution in [3.63, 3.8) is 0 Å². The predicted molar refractivity (Wildman–Crippen MR) is 132 cm³/mol. The van der Waals surface area contributed by atoms with E-state index in [2.05, 4.69) is 4.98 Å². The molecule has 0 fully saturated rings. The number of thioether (sulfide) groups is 1. The third-order valence-corrected chi connectivity index (χ3v) is 6.24. The first-order valence-corrected chi connectivity index (χ1v) is 11.5. The first-order valence-electron chi connectivity index (χ1n) is 10.1. The van der Waals surface area contributed by atoms with Crippen molar-refractivity contribution in [2.45, 2.75) is 12.1 Å². The van der Waals surface area contributed by atoms with Crippen molar-refractivity contribution >= 4 is 45.9 Å². The molecule has 1 amide bonds. The van der Waals surface area contributed by atoms with Gasteiger partial charge in [-0.1, -0.05) is 59.8 Å². The Hall–Kier alpha value is -3.60. The second kappa shape index (κ2) is 9.90. The largest absolute Gasteiger partial charge is 0.298 e. The predicted octanol–water partition coefficient (Wildman–Crippen LogP) is 5.00. The van der Waals surface area contributed by atoms with E-state index in [9.17, 15) is 14.9 Å². The first kappa shape index (κ1) is 22.6. The summed E-state index contributed by atoms with van der Waals surface area (Å²) in [5.41, 5.74) is 2.46. The van der Waals surface area contributed by atoms with Crippen LogP contribution in [0.1, 0.15) is 5.56 Å². The molecule has 0 unspecified atom stereocenters. The Balaban J connectivity index is 1.76. The molecule has 1 aromatic heterocycles. The van der Waals surface area contributed by atoms with Crippen LogP contribution in [0.5, 0.6) is 0 Å².